The van der Waals surface area contributed by atoms with E-state index in [-0.39, 0.29) is 33.7 Å². The van der Waals surface area contributed by atoms with E-state index in [9.17, 15) is 17.6 Å². The van der Waals surface area contributed by atoms with Crippen LogP contribution in [-0.2, 0) is 10.7 Å². The summed E-state index contributed by atoms with van der Waals surface area (Å²) in [4.78, 5) is 14.1. The number of anilines is 1. The van der Waals surface area contributed by atoms with Gasteiger partial charge in [-0.05, 0) is 57.3 Å². The van der Waals surface area contributed by atoms with Crippen LogP contribution in [0.1, 0.15) is 12.8 Å². The molecule has 3 heterocycles. The molecule has 30 heavy (non-hydrogen) atoms. The molecule has 0 aliphatic carbocycles. The molecule has 0 unspecified atom stereocenters. The lowest BCUT2D eigenvalue weighted by Gasteiger charge is -2.30. The van der Waals surface area contributed by atoms with Crippen LogP contribution in [0.5, 0.6) is 0 Å². The number of nitrogens with one attached hydrogen (secondary N) is 1. The summed E-state index contributed by atoms with van der Waals surface area (Å²) in [6, 6.07) is 4.02. The number of benzene rings is 1. The summed E-state index contributed by atoms with van der Waals surface area (Å²) in [6.45, 7) is 1.22. The van der Waals surface area contributed by atoms with Crippen molar-refractivity contribution in [1.29, 1.82) is 0 Å². The molecule has 1 aliphatic heterocycles. The van der Waals surface area contributed by atoms with E-state index in [2.05, 4.69) is 36.7 Å². The fourth-order valence-corrected chi connectivity index (χ4v) is 4.23. The van der Waals surface area contributed by atoms with E-state index in [4.69, 9.17) is 9.15 Å². The minimum atomic E-state index is -2.45. The second kappa shape index (κ2) is 8.65. The van der Waals surface area contributed by atoms with Gasteiger partial charge in [0.2, 0.25) is 11.6 Å². The first kappa shape index (κ1) is 20.7. The fraction of sp³-hybridized carbons (Fsp3) is 0.375. The van der Waals surface area contributed by atoms with E-state index in [0.717, 1.165) is 4.57 Å². The molecule has 3 aromatic rings. The number of hydrogen-bond donors (Lipinski definition) is 2. The Balaban J connectivity index is 1.57. The van der Waals surface area contributed by atoms with Gasteiger partial charge in [-0.15, -0.1) is 0 Å². The van der Waals surface area contributed by atoms with Crippen molar-refractivity contribution in [2.24, 2.45) is 0 Å². The number of aromatic nitrogens is 4. The Morgan fingerprint density at radius 2 is 2.00 bits per heavy atom. The van der Waals surface area contributed by atoms with Gasteiger partial charge in [0.15, 0.2) is 16.4 Å². The van der Waals surface area contributed by atoms with Crippen molar-refractivity contribution in [2.45, 2.75) is 18.9 Å². The number of thiol groups is 1. The lowest BCUT2D eigenvalue weighted by molar-refractivity contribution is 0.249. The maximum atomic E-state index is 13.6. The number of piperidine rings is 1. The van der Waals surface area contributed by atoms with Crippen molar-refractivity contribution >= 4 is 32.5 Å². The highest BCUT2D eigenvalue weighted by atomic mass is 79.9. The summed E-state index contributed by atoms with van der Waals surface area (Å²) in [5.41, 5.74) is 0.477. The van der Waals surface area contributed by atoms with Crippen LogP contribution in [0.2, 0.25) is 0 Å². The van der Waals surface area contributed by atoms with Gasteiger partial charge in [0.25, 0.3) is 0 Å². The van der Waals surface area contributed by atoms with Gasteiger partial charge in [-0.1, -0.05) is 5.16 Å². The van der Waals surface area contributed by atoms with Gasteiger partial charge in [0.05, 0.1) is 16.0 Å². The third-order valence-corrected chi connectivity index (χ3v) is 5.95. The van der Waals surface area contributed by atoms with Gasteiger partial charge < -0.3 is 5.32 Å². The maximum Gasteiger partial charge on any atom is 0.446 e. The highest BCUT2D eigenvalue weighted by molar-refractivity contribution is 9.10. The average Bonchev–Trinajstić information content (AvgIpc) is 3.31. The number of halogens is 2. The van der Waals surface area contributed by atoms with E-state index >= 15 is 0 Å². The van der Waals surface area contributed by atoms with Crippen molar-refractivity contribution in [3.05, 3.63) is 39.0 Å². The number of hydrogen-bond acceptors (Lipinski definition) is 10. The molecule has 2 aromatic heterocycles. The van der Waals surface area contributed by atoms with Crippen LogP contribution in [0.25, 0.3) is 17.2 Å². The van der Waals surface area contributed by atoms with Gasteiger partial charge in [0.1, 0.15) is 5.82 Å². The van der Waals surface area contributed by atoms with E-state index < -0.39 is 22.3 Å². The Morgan fingerprint density at radius 1 is 1.23 bits per heavy atom. The summed E-state index contributed by atoms with van der Waals surface area (Å²) in [6.07, 6.45) is 1.37. The van der Waals surface area contributed by atoms with Crippen molar-refractivity contribution in [3.8, 4) is 17.2 Å². The highest BCUT2D eigenvalue weighted by Crippen LogP contribution is 2.27. The molecule has 1 aliphatic rings. The monoisotopic (exact) mass is 502 g/mol. The molecule has 1 N–H and O–H groups in total. The van der Waals surface area contributed by atoms with Crippen LogP contribution in [0.15, 0.2) is 36.6 Å². The Morgan fingerprint density at radius 3 is 2.70 bits per heavy atom. The lowest BCUT2D eigenvalue weighted by atomic mass is 10.1. The van der Waals surface area contributed by atoms with E-state index in [0.29, 0.717) is 31.6 Å². The molecule has 160 valence electrons. The van der Waals surface area contributed by atoms with Gasteiger partial charge >= 0.3 is 5.76 Å². The predicted octanol–water partition coefficient (Wildman–Crippen LogP) is 1.22. The first-order chi connectivity index (χ1) is 14.4. The largest absolute Gasteiger partial charge is 0.446 e. The van der Waals surface area contributed by atoms with Gasteiger partial charge in [0, 0.05) is 19.1 Å². The zero-order chi connectivity index (χ0) is 21.3. The summed E-state index contributed by atoms with van der Waals surface area (Å²) in [5, 5.41) is 14.7. The second-order valence-corrected chi connectivity index (χ2v) is 8.48. The molecule has 1 fully saturated rings. The molecule has 1 aromatic carbocycles. The van der Waals surface area contributed by atoms with Crippen LogP contribution in [0, 0.1) is 5.82 Å². The van der Waals surface area contributed by atoms with Gasteiger partial charge in [-0.25, -0.2) is 26.8 Å². The first-order valence-corrected chi connectivity index (χ1v) is 11.1. The maximum absolute atomic E-state index is 13.6. The molecule has 0 radical (unpaired) electrons. The predicted molar refractivity (Wildman–Crippen MR) is 106 cm³/mol. The minimum Gasteiger partial charge on any atom is -0.362 e. The summed E-state index contributed by atoms with van der Waals surface area (Å²) in [5.74, 6) is -0.910. The normalized spacial score (nSPS) is 15.7. The molecule has 0 spiro atoms. The van der Waals surface area contributed by atoms with Crippen molar-refractivity contribution in [1.82, 2.24) is 24.9 Å². The molecule has 0 amide bonds. The summed E-state index contributed by atoms with van der Waals surface area (Å²) in [7, 11) is -2.45. The standard InChI is InChI=1S/C16H16BrFN6O5S/c17-11-7-10(1-2-12(11)18)24-15(22-28-16(24)25)13-14(21-29-20-13)19-9-3-5-23(6-4-9)8-30(26)27/h1-2,7,9,30H,3-6,8H2,(H,19,21). The molecular weight excluding hydrogens is 487 g/mol. The molecule has 0 bridgehead atoms. The quantitative estimate of drug-likeness (QED) is 0.473. The minimum absolute atomic E-state index is 0.00321. The van der Waals surface area contributed by atoms with E-state index in [1.54, 1.807) is 0 Å². The molecule has 0 saturated carbocycles. The number of likely N-dealkylation sites (tertiary alicyclic amines) is 1. The SMILES string of the molecule is O=c1onc(-c2nonc2NC2CCN(C[SH](=O)=O)CC2)n1-c1ccc(F)c(Br)c1. The van der Waals surface area contributed by atoms with Gasteiger partial charge in [-0.3, -0.25) is 9.42 Å². The third kappa shape index (κ3) is 4.29. The zero-order valence-corrected chi connectivity index (χ0v) is 17.8. The first-order valence-electron chi connectivity index (χ1n) is 8.90. The average molecular weight is 503 g/mol. The van der Waals surface area contributed by atoms with Crippen molar-refractivity contribution in [3.63, 3.8) is 0 Å². The lowest BCUT2D eigenvalue weighted by Crippen LogP contribution is -2.39. The molecule has 11 nitrogen and oxygen atoms in total. The van der Waals surface area contributed by atoms with Gasteiger partial charge in [-0.2, -0.15) is 0 Å². The molecule has 14 heteroatoms. The Bertz CT molecular complexity index is 1180. The van der Waals surface area contributed by atoms with Crippen LogP contribution < -0.4 is 11.1 Å². The third-order valence-electron chi connectivity index (χ3n) is 4.71. The molecule has 1 saturated heterocycles. The topological polar surface area (TPSA) is 136 Å². The smallest absolute Gasteiger partial charge is 0.362 e. The highest BCUT2D eigenvalue weighted by Gasteiger charge is 2.26. The number of nitrogens with zero attached hydrogens (tertiary/aromatic N) is 5. The molecular formula is C16H16BrFN6O5S. The summed E-state index contributed by atoms with van der Waals surface area (Å²) < 4.78 is 46.3. The summed E-state index contributed by atoms with van der Waals surface area (Å²) >= 11 is 3.09. The van der Waals surface area contributed by atoms with Crippen LogP contribution in [0.3, 0.4) is 0 Å². The second-order valence-electron chi connectivity index (χ2n) is 6.68. The molecule has 4 rings (SSSR count). The Hall–Kier alpha value is -2.58. The Kier molecular flexibility index (Phi) is 5.97. The van der Waals surface area contributed by atoms with Crippen LogP contribution in [0.4, 0.5) is 10.2 Å². The van der Waals surface area contributed by atoms with Crippen molar-refractivity contribution in [2.75, 3.05) is 24.3 Å². The Labute approximate surface area is 178 Å². The zero-order valence-electron chi connectivity index (χ0n) is 15.3. The molecule has 0 atom stereocenters. The van der Waals surface area contributed by atoms with Crippen LogP contribution >= 0.6 is 15.9 Å². The van der Waals surface area contributed by atoms with E-state index in [1.807, 2.05) is 4.90 Å². The van der Waals surface area contributed by atoms with E-state index in [1.165, 1.54) is 18.2 Å². The van der Waals surface area contributed by atoms with Crippen LogP contribution in [-0.4, -0.2) is 58.4 Å². The number of rotatable bonds is 6. The fourth-order valence-electron chi connectivity index (χ4n) is 3.26. The van der Waals surface area contributed by atoms with Crippen molar-refractivity contribution < 1.29 is 22.0 Å².